The summed E-state index contributed by atoms with van der Waals surface area (Å²) in [5.41, 5.74) is 2.53. The Bertz CT molecular complexity index is 1610. The Morgan fingerprint density at radius 1 is 0.976 bits per heavy atom. The predicted molar refractivity (Wildman–Crippen MR) is 159 cm³/mol. The number of fused-ring (bicyclic) bond motifs is 1. The summed E-state index contributed by atoms with van der Waals surface area (Å²) in [6, 6.07) is 13.1. The first-order valence-electron chi connectivity index (χ1n) is 13.7. The zero-order valence-corrected chi connectivity index (χ0v) is 25.1. The summed E-state index contributed by atoms with van der Waals surface area (Å²) in [5, 5.41) is 0.868. The smallest absolute Gasteiger partial charge is 0.419 e. The van der Waals surface area contributed by atoms with E-state index in [1.54, 1.807) is 38.2 Å². The molecule has 0 atom stereocenters. The molecule has 2 heterocycles. The van der Waals surface area contributed by atoms with Gasteiger partial charge in [0.05, 0.1) is 39.1 Å². The van der Waals surface area contributed by atoms with Crippen LogP contribution in [0, 0.1) is 5.92 Å². The lowest BCUT2D eigenvalue weighted by atomic mass is 10.1. The van der Waals surface area contributed by atoms with E-state index in [0.29, 0.717) is 47.1 Å². The van der Waals surface area contributed by atoms with Crippen molar-refractivity contribution in [2.24, 2.45) is 5.92 Å². The van der Waals surface area contributed by atoms with Crippen molar-refractivity contribution in [3.63, 3.8) is 0 Å². The number of methoxy groups -OCH3 is 3. The fourth-order valence-corrected chi connectivity index (χ4v) is 4.84. The number of benzene rings is 2. The van der Waals surface area contributed by atoms with Crippen molar-refractivity contribution in [2.75, 3.05) is 21.3 Å². The van der Waals surface area contributed by atoms with Gasteiger partial charge in [-0.3, -0.25) is 9.36 Å². The van der Waals surface area contributed by atoms with Crippen LogP contribution in [-0.2, 0) is 24.1 Å². The van der Waals surface area contributed by atoms with Crippen LogP contribution in [0.25, 0.3) is 10.9 Å². The van der Waals surface area contributed by atoms with Crippen LogP contribution in [0.2, 0.25) is 0 Å². The monoisotopic (exact) mass is 561 g/mol. The summed E-state index contributed by atoms with van der Waals surface area (Å²) in [5.74, 6) is 1.84. The Kier molecular flexibility index (Phi) is 8.75. The van der Waals surface area contributed by atoms with Gasteiger partial charge in [0, 0.05) is 29.6 Å². The topological polar surface area (TPSA) is 93.8 Å². The van der Waals surface area contributed by atoms with Crippen LogP contribution < -0.4 is 19.8 Å². The molecular formula is C32H39N3O6. The van der Waals surface area contributed by atoms with Gasteiger partial charge in [-0.05, 0) is 56.9 Å². The van der Waals surface area contributed by atoms with E-state index in [4.69, 9.17) is 18.9 Å². The number of aromatic nitrogens is 3. The van der Waals surface area contributed by atoms with E-state index in [9.17, 15) is 9.59 Å². The van der Waals surface area contributed by atoms with Gasteiger partial charge in [0.25, 0.3) is 5.56 Å². The van der Waals surface area contributed by atoms with Crippen LogP contribution in [-0.4, -0.2) is 47.1 Å². The Morgan fingerprint density at radius 3 is 2.34 bits per heavy atom. The molecule has 41 heavy (non-hydrogen) atoms. The van der Waals surface area contributed by atoms with Gasteiger partial charge in [0.15, 0.2) is 0 Å². The molecular weight excluding hydrogens is 522 g/mol. The van der Waals surface area contributed by atoms with Crippen LogP contribution in [0.1, 0.15) is 57.1 Å². The lowest BCUT2D eigenvalue weighted by Gasteiger charge is -2.20. The fraction of sp³-hybridized carbons (Fsp3) is 0.406. The molecule has 0 fully saturated rings. The third-order valence-corrected chi connectivity index (χ3v) is 6.66. The number of hydrogen-bond donors (Lipinski definition) is 0. The summed E-state index contributed by atoms with van der Waals surface area (Å²) in [6.07, 6.45) is 2.09. The molecule has 0 aliphatic heterocycles. The summed E-state index contributed by atoms with van der Waals surface area (Å²) in [7, 11) is 4.74. The van der Waals surface area contributed by atoms with Crippen LogP contribution in [0.3, 0.4) is 0 Å². The molecule has 0 saturated heterocycles. The minimum atomic E-state index is -0.653. The number of ether oxygens (including phenoxy) is 4. The number of carbonyl (C=O) groups is 1. The minimum Gasteiger partial charge on any atom is -0.497 e. The van der Waals surface area contributed by atoms with Gasteiger partial charge >= 0.3 is 6.09 Å². The van der Waals surface area contributed by atoms with Gasteiger partial charge in [-0.15, -0.1) is 0 Å². The van der Waals surface area contributed by atoms with Crippen molar-refractivity contribution in [1.29, 1.82) is 0 Å². The molecule has 0 radical (unpaired) electrons. The molecule has 0 unspecified atom stereocenters. The van der Waals surface area contributed by atoms with Gasteiger partial charge in [-0.1, -0.05) is 32.0 Å². The molecule has 0 aliphatic carbocycles. The highest BCUT2D eigenvalue weighted by molar-refractivity contribution is 5.92. The third-order valence-electron chi connectivity index (χ3n) is 6.66. The highest BCUT2D eigenvalue weighted by Crippen LogP contribution is 2.30. The Labute approximate surface area is 240 Å². The van der Waals surface area contributed by atoms with Gasteiger partial charge in [0.2, 0.25) is 5.88 Å². The highest BCUT2D eigenvalue weighted by atomic mass is 16.6. The molecule has 0 bridgehead atoms. The van der Waals surface area contributed by atoms with Crippen LogP contribution >= 0.6 is 0 Å². The van der Waals surface area contributed by atoms with Crippen LogP contribution in [0.4, 0.5) is 4.79 Å². The first-order chi connectivity index (χ1) is 19.4. The Balaban J connectivity index is 1.89. The number of rotatable bonds is 9. The highest BCUT2D eigenvalue weighted by Gasteiger charge is 2.24. The van der Waals surface area contributed by atoms with E-state index in [1.807, 2.05) is 71.0 Å². The molecule has 2 aromatic carbocycles. The quantitative estimate of drug-likeness (QED) is 0.253. The minimum absolute atomic E-state index is 0.191. The maximum absolute atomic E-state index is 13.9. The Hall–Kier alpha value is -4.27. The molecule has 9 heteroatoms. The first-order valence-corrected chi connectivity index (χ1v) is 13.7. The van der Waals surface area contributed by atoms with Crippen molar-refractivity contribution in [3.8, 4) is 17.4 Å². The summed E-state index contributed by atoms with van der Waals surface area (Å²) >= 11 is 0. The molecule has 4 rings (SSSR count). The zero-order valence-electron chi connectivity index (χ0n) is 25.1. The lowest BCUT2D eigenvalue weighted by molar-refractivity contribution is 0.0544. The summed E-state index contributed by atoms with van der Waals surface area (Å²) in [6.45, 7) is 9.82. The van der Waals surface area contributed by atoms with Gasteiger partial charge in [0.1, 0.15) is 22.8 Å². The second-order valence-electron chi connectivity index (χ2n) is 11.4. The van der Waals surface area contributed by atoms with Crippen molar-refractivity contribution in [2.45, 2.75) is 59.6 Å². The van der Waals surface area contributed by atoms with Gasteiger partial charge in [-0.2, -0.15) is 0 Å². The lowest BCUT2D eigenvalue weighted by Crippen LogP contribution is -2.30. The molecule has 2 aromatic heterocycles. The average molecular weight is 562 g/mol. The van der Waals surface area contributed by atoms with Gasteiger partial charge < -0.3 is 23.5 Å². The van der Waals surface area contributed by atoms with Crippen molar-refractivity contribution in [3.05, 3.63) is 81.5 Å². The van der Waals surface area contributed by atoms with Gasteiger partial charge in [-0.25, -0.2) is 9.78 Å². The van der Waals surface area contributed by atoms with Crippen molar-refractivity contribution in [1.82, 2.24) is 14.1 Å². The SMILES string of the molecule is COc1ccc(Cn2c(Cc3cn(C(=O)OC(C)(C)C)c4ccccc34)c(OC)nc(CC(C)C)c2=O)c(OC)c1. The van der Waals surface area contributed by atoms with E-state index in [0.717, 1.165) is 16.5 Å². The van der Waals surface area contributed by atoms with Crippen molar-refractivity contribution >= 4 is 17.0 Å². The summed E-state index contributed by atoms with van der Waals surface area (Å²) < 4.78 is 25.7. The second kappa shape index (κ2) is 12.1. The van der Waals surface area contributed by atoms with E-state index >= 15 is 0 Å². The normalized spacial score (nSPS) is 11.6. The van der Waals surface area contributed by atoms with E-state index in [2.05, 4.69) is 4.98 Å². The molecule has 9 nitrogen and oxygen atoms in total. The molecule has 0 saturated carbocycles. The fourth-order valence-electron chi connectivity index (χ4n) is 4.84. The molecule has 0 aliphatic rings. The first kappa shape index (κ1) is 29.7. The average Bonchev–Trinajstić information content (AvgIpc) is 3.29. The van der Waals surface area contributed by atoms with E-state index < -0.39 is 11.7 Å². The van der Waals surface area contributed by atoms with Crippen LogP contribution in [0.5, 0.6) is 17.4 Å². The second-order valence-corrected chi connectivity index (χ2v) is 11.4. The number of carbonyl (C=O) groups excluding carboxylic acids is 1. The van der Waals surface area contributed by atoms with Crippen LogP contribution in [0.15, 0.2) is 53.5 Å². The molecule has 218 valence electrons. The Morgan fingerprint density at radius 2 is 1.71 bits per heavy atom. The maximum Gasteiger partial charge on any atom is 0.419 e. The standard InChI is InChI=1S/C32H39N3O6/c1-20(2)15-25-30(36)34(18-21-13-14-23(38-6)17-28(21)39-7)27(29(33-25)40-8)16-22-19-35(31(37)41-32(3,4)5)26-12-10-9-11-24(22)26/h9-14,17,19-20H,15-16,18H2,1-8H3. The summed E-state index contributed by atoms with van der Waals surface area (Å²) in [4.78, 5) is 31.7. The maximum atomic E-state index is 13.9. The number of nitrogens with zero attached hydrogens (tertiary/aromatic N) is 3. The predicted octanol–water partition coefficient (Wildman–Crippen LogP) is 5.84. The molecule has 0 N–H and O–H groups in total. The third kappa shape index (κ3) is 6.56. The molecule has 0 amide bonds. The zero-order chi connectivity index (χ0) is 29.9. The number of para-hydroxylation sites is 1. The van der Waals surface area contributed by atoms with E-state index in [-0.39, 0.29) is 18.0 Å². The van der Waals surface area contributed by atoms with E-state index in [1.165, 1.54) is 4.57 Å². The molecule has 4 aromatic rings. The number of hydrogen-bond acceptors (Lipinski definition) is 7. The van der Waals surface area contributed by atoms with Crippen molar-refractivity contribution < 1.29 is 23.7 Å². The largest absolute Gasteiger partial charge is 0.497 e. The molecule has 0 spiro atoms.